The minimum absolute atomic E-state index is 0.0605. The lowest BCUT2D eigenvalue weighted by Crippen LogP contribution is -2.55. The van der Waals surface area contributed by atoms with Gasteiger partial charge in [-0.15, -0.1) is 0 Å². The van der Waals surface area contributed by atoms with Crippen molar-refractivity contribution in [2.75, 3.05) is 0 Å². The zero-order valence-electron chi connectivity index (χ0n) is 14.5. The van der Waals surface area contributed by atoms with E-state index in [-0.39, 0.29) is 36.0 Å². The predicted molar refractivity (Wildman–Crippen MR) is 85.7 cm³/mol. The molecule has 0 aromatic carbocycles. The van der Waals surface area contributed by atoms with Gasteiger partial charge in [-0.25, -0.2) is 4.79 Å². The van der Waals surface area contributed by atoms with Gasteiger partial charge in [-0.3, -0.25) is 4.79 Å². The molecule has 24 heavy (non-hydrogen) atoms. The Kier molecular flexibility index (Phi) is 3.12. The van der Waals surface area contributed by atoms with Crippen molar-refractivity contribution >= 4 is 11.9 Å². The first-order chi connectivity index (χ1) is 11.2. The quantitative estimate of drug-likeness (QED) is 0.745. The molecule has 4 rings (SSSR count). The van der Waals surface area contributed by atoms with Gasteiger partial charge in [0.25, 0.3) is 0 Å². The summed E-state index contributed by atoms with van der Waals surface area (Å²) < 4.78 is 11.2. The molecule has 6 atom stereocenters. The van der Waals surface area contributed by atoms with Gasteiger partial charge in [-0.1, -0.05) is 20.8 Å². The molecule has 1 N–H and O–H groups in total. The summed E-state index contributed by atoms with van der Waals surface area (Å²) in [7, 11) is 0. The summed E-state index contributed by atoms with van der Waals surface area (Å²) in [5, 5.41) is 10.5. The van der Waals surface area contributed by atoms with Gasteiger partial charge in [0.2, 0.25) is 0 Å². The molecule has 5 nitrogen and oxygen atoms in total. The third-order valence-corrected chi connectivity index (χ3v) is 6.42. The van der Waals surface area contributed by atoms with E-state index in [1.54, 1.807) is 6.08 Å². The van der Waals surface area contributed by atoms with E-state index < -0.39 is 16.9 Å². The molecule has 0 aromatic rings. The van der Waals surface area contributed by atoms with E-state index in [0.29, 0.717) is 12.8 Å². The van der Waals surface area contributed by atoms with Crippen LogP contribution in [0.3, 0.4) is 0 Å². The van der Waals surface area contributed by atoms with Crippen LogP contribution in [0.25, 0.3) is 0 Å². The molecule has 2 fully saturated rings. The van der Waals surface area contributed by atoms with Crippen LogP contribution in [-0.4, -0.2) is 35.4 Å². The Labute approximate surface area is 141 Å². The maximum atomic E-state index is 12.6. The van der Waals surface area contributed by atoms with E-state index in [1.165, 1.54) is 0 Å². The summed E-state index contributed by atoms with van der Waals surface area (Å²) in [5.41, 5.74) is 0.677. The van der Waals surface area contributed by atoms with Crippen LogP contribution in [0, 0.1) is 22.7 Å². The van der Waals surface area contributed by atoms with Crippen molar-refractivity contribution in [2.24, 2.45) is 22.7 Å². The topological polar surface area (TPSA) is 72.8 Å². The number of hydrogen-bond acceptors (Lipinski definition) is 5. The average molecular weight is 332 g/mol. The number of carbonyl (C=O) groups excluding carboxylic acids is 2. The van der Waals surface area contributed by atoms with E-state index in [4.69, 9.17) is 9.47 Å². The highest BCUT2D eigenvalue weighted by Crippen LogP contribution is 2.64. The zero-order chi connectivity index (χ0) is 17.4. The molecule has 5 heteroatoms. The Morgan fingerprint density at radius 3 is 2.50 bits per heavy atom. The Hall–Kier alpha value is -1.62. The fourth-order valence-corrected chi connectivity index (χ4v) is 5.61. The van der Waals surface area contributed by atoms with Gasteiger partial charge in [-0.2, -0.15) is 0 Å². The standard InChI is InChI=1S/C19H24O5/c1-9(2)15-11-5-13-16-18(3,12(11)6-14(21)24-15)7-10(20)8-19(16,4)17(22)23-13/h5-6,9-10,13,15-16,20H,7-8H2,1-4H3/t10-,13+,15+,16+,18+,19-/m0/s1. The summed E-state index contributed by atoms with van der Waals surface area (Å²) in [6.07, 6.45) is 3.25. The van der Waals surface area contributed by atoms with Crippen molar-refractivity contribution in [2.45, 2.75) is 58.8 Å². The number of hydrogen-bond donors (Lipinski definition) is 1. The molecular weight excluding hydrogens is 308 g/mol. The lowest BCUT2D eigenvalue weighted by atomic mass is 9.49. The second-order valence-corrected chi connectivity index (χ2v) is 8.53. The van der Waals surface area contributed by atoms with Crippen LogP contribution >= 0.6 is 0 Å². The van der Waals surface area contributed by atoms with Gasteiger partial charge in [-0.05, 0) is 42.9 Å². The Bertz CT molecular complexity index is 690. The number of ether oxygens (including phenoxy) is 2. The third-order valence-electron chi connectivity index (χ3n) is 6.42. The van der Waals surface area contributed by atoms with Gasteiger partial charge in [0.15, 0.2) is 0 Å². The number of cyclic esters (lactones) is 1. The van der Waals surface area contributed by atoms with E-state index in [9.17, 15) is 14.7 Å². The second-order valence-electron chi connectivity index (χ2n) is 8.53. The third kappa shape index (κ3) is 1.85. The van der Waals surface area contributed by atoms with Crippen LogP contribution in [0.15, 0.2) is 23.3 Å². The highest BCUT2D eigenvalue weighted by atomic mass is 16.6. The highest BCUT2D eigenvalue weighted by Gasteiger charge is 2.67. The number of esters is 2. The van der Waals surface area contributed by atoms with E-state index in [0.717, 1.165) is 11.1 Å². The molecule has 0 aromatic heterocycles. The number of fused-ring (bicyclic) bond motifs is 2. The minimum Gasteiger partial charge on any atom is -0.457 e. The van der Waals surface area contributed by atoms with E-state index in [2.05, 4.69) is 6.92 Å². The van der Waals surface area contributed by atoms with Crippen molar-refractivity contribution in [3.05, 3.63) is 23.3 Å². The van der Waals surface area contributed by atoms with Crippen LogP contribution in [0.5, 0.6) is 0 Å². The van der Waals surface area contributed by atoms with E-state index >= 15 is 0 Å². The van der Waals surface area contributed by atoms with Crippen molar-refractivity contribution in [1.29, 1.82) is 0 Å². The Morgan fingerprint density at radius 2 is 1.83 bits per heavy atom. The summed E-state index contributed by atoms with van der Waals surface area (Å²) in [4.78, 5) is 24.7. The molecule has 0 radical (unpaired) electrons. The largest absolute Gasteiger partial charge is 0.457 e. The summed E-state index contributed by atoms with van der Waals surface area (Å²) >= 11 is 0. The lowest BCUT2D eigenvalue weighted by molar-refractivity contribution is -0.150. The molecule has 2 aliphatic carbocycles. The molecular formula is C19H24O5. The van der Waals surface area contributed by atoms with Crippen molar-refractivity contribution in [3.63, 3.8) is 0 Å². The first-order valence-corrected chi connectivity index (χ1v) is 8.71. The number of carbonyl (C=O) groups is 2. The van der Waals surface area contributed by atoms with Crippen LogP contribution in [0.2, 0.25) is 0 Å². The molecule has 1 saturated heterocycles. The number of aliphatic hydroxyl groups excluding tert-OH is 1. The summed E-state index contributed by atoms with van der Waals surface area (Å²) in [6.45, 7) is 7.97. The molecule has 2 aliphatic heterocycles. The Balaban J connectivity index is 1.93. The zero-order valence-corrected chi connectivity index (χ0v) is 14.5. The second kappa shape index (κ2) is 4.72. The van der Waals surface area contributed by atoms with Crippen molar-refractivity contribution < 1.29 is 24.2 Å². The van der Waals surface area contributed by atoms with Crippen LogP contribution < -0.4 is 0 Å². The molecule has 4 aliphatic rings. The fourth-order valence-electron chi connectivity index (χ4n) is 5.61. The lowest BCUT2D eigenvalue weighted by Gasteiger charge is -2.54. The van der Waals surface area contributed by atoms with Crippen LogP contribution in [0.1, 0.15) is 40.5 Å². The molecule has 2 heterocycles. The molecule has 0 spiro atoms. The fraction of sp³-hybridized carbons (Fsp3) is 0.684. The minimum atomic E-state index is -0.714. The summed E-state index contributed by atoms with van der Waals surface area (Å²) in [5.74, 6) is -0.518. The SMILES string of the molecule is CC(C)[C@H]1OC(=O)C=C2C1=C[C@H]1OC(=O)[C@@]3(C)C[C@@H](O)C[C@@]2(C)[C@@H]13. The van der Waals surface area contributed by atoms with Crippen molar-refractivity contribution in [3.8, 4) is 0 Å². The van der Waals surface area contributed by atoms with Gasteiger partial charge >= 0.3 is 11.9 Å². The predicted octanol–water partition coefficient (Wildman–Crippen LogP) is 2.14. The van der Waals surface area contributed by atoms with Crippen LogP contribution in [-0.2, 0) is 19.1 Å². The maximum absolute atomic E-state index is 12.6. The molecule has 0 unspecified atom stereocenters. The smallest absolute Gasteiger partial charge is 0.331 e. The van der Waals surface area contributed by atoms with E-state index in [1.807, 2.05) is 26.8 Å². The molecule has 0 bridgehead atoms. The van der Waals surface area contributed by atoms with Gasteiger partial charge in [0.05, 0.1) is 11.5 Å². The normalized spacial score (nSPS) is 46.6. The first-order valence-electron chi connectivity index (χ1n) is 8.71. The molecule has 1 saturated carbocycles. The van der Waals surface area contributed by atoms with Gasteiger partial charge in [0, 0.05) is 17.4 Å². The maximum Gasteiger partial charge on any atom is 0.331 e. The van der Waals surface area contributed by atoms with Crippen molar-refractivity contribution in [1.82, 2.24) is 0 Å². The Morgan fingerprint density at radius 1 is 1.17 bits per heavy atom. The number of rotatable bonds is 1. The van der Waals surface area contributed by atoms with Gasteiger partial charge < -0.3 is 14.6 Å². The average Bonchev–Trinajstić information content (AvgIpc) is 2.70. The molecule has 0 amide bonds. The molecule has 130 valence electrons. The van der Waals surface area contributed by atoms with Gasteiger partial charge in [0.1, 0.15) is 12.2 Å². The monoisotopic (exact) mass is 332 g/mol. The highest BCUT2D eigenvalue weighted by molar-refractivity contribution is 5.88. The van der Waals surface area contributed by atoms with Crippen LogP contribution in [0.4, 0.5) is 0 Å². The number of aliphatic hydroxyl groups is 1. The first kappa shape index (κ1) is 15.9. The summed E-state index contributed by atoms with van der Waals surface area (Å²) in [6, 6.07) is 0.